The van der Waals surface area contributed by atoms with Gasteiger partial charge in [-0.05, 0) is 49.4 Å². The third kappa shape index (κ3) is 4.79. The van der Waals surface area contributed by atoms with Crippen LogP contribution in [0.3, 0.4) is 0 Å². The summed E-state index contributed by atoms with van der Waals surface area (Å²) < 4.78 is 0. The number of nitrogens with zero attached hydrogens (tertiary/aromatic N) is 4. The molecule has 0 radical (unpaired) electrons. The minimum atomic E-state index is -0.249. The average Bonchev–Trinajstić information content (AvgIpc) is 3.13. The van der Waals surface area contributed by atoms with Crippen molar-refractivity contribution in [3.63, 3.8) is 0 Å². The molecule has 1 amide bonds. The van der Waals surface area contributed by atoms with Crippen LogP contribution in [-0.4, -0.2) is 58.2 Å². The normalized spacial score (nSPS) is 20.7. The zero-order valence-electron chi connectivity index (χ0n) is 16.8. The first-order valence-electron chi connectivity index (χ1n) is 10.1. The van der Waals surface area contributed by atoms with Gasteiger partial charge in [0, 0.05) is 31.5 Å². The van der Waals surface area contributed by atoms with Gasteiger partial charge >= 0.3 is 0 Å². The number of carbonyl (C=O) groups is 1. The maximum Gasteiger partial charge on any atom is 0.242 e. The Hall–Kier alpha value is -2.09. The van der Waals surface area contributed by atoms with E-state index in [9.17, 15) is 9.90 Å². The highest BCUT2D eigenvalue weighted by Gasteiger charge is 2.26. The quantitative estimate of drug-likeness (QED) is 0.729. The van der Waals surface area contributed by atoms with Crippen LogP contribution < -0.4 is 10.2 Å². The predicted molar refractivity (Wildman–Crippen MR) is 118 cm³/mol. The highest BCUT2D eigenvalue weighted by molar-refractivity contribution is 6.42. The number of hydrogen-bond donors (Lipinski definition) is 2. The lowest BCUT2D eigenvalue weighted by Gasteiger charge is -2.30. The number of aromatic nitrogens is 2. The molecule has 1 aliphatic heterocycles. The molecule has 2 atom stereocenters. The molecule has 30 heavy (non-hydrogen) atoms. The molecular formula is C21H25Cl2N5O2. The number of carbonyl (C=O) groups excluding carboxylic acids is 1. The molecule has 2 aliphatic rings. The molecule has 1 fully saturated rings. The van der Waals surface area contributed by atoms with Gasteiger partial charge in [-0.2, -0.15) is 0 Å². The predicted octanol–water partition coefficient (Wildman–Crippen LogP) is 3.13. The molecule has 1 aromatic heterocycles. The number of amides is 1. The molecule has 0 spiro atoms. The summed E-state index contributed by atoms with van der Waals surface area (Å²) >= 11 is 12.1. The fourth-order valence-corrected chi connectivity index (χ4v) is 4.27. The van der Waals surface area contributed by atoms with Crippen LogP contribution >= 0.6 is 23.2 Å². The largest absolute Gasteiger partial charge is 0.393 e. The second kappa shape index (κ2) is 8.96. The fourth-order valence-electron chi connectivity index (χ4n) is 3.97. The van der Waals surface area contributed by atoms with Gasteiger partial charge in [-0.3, -0.25) is 4.79 Å². The third-order valence-corrected chi connectivity index (χ3v) is 6.49. The Labute approximate surface area is 186 Å². The number of nitrogens with one attached hydrogen (secondary N) is 1. The molecule has 1 aromatic carbocycles. The van der Waals surface area contributed by atoms with Gasteiger partial charge in [0.05, 0.1) is 34.9 Å². The summed E-state index contributed by atoms with van der Waals surface area (Å²) in [5.74, 6) is 0.594. The van der Waals surface area contributed by atoms with Gasteiger partial charge in [0.2, 0.25) is 11.9 Å². The van der Waals surface area contributed by atoms with Crippen LogP contribution in [0.1, 0.15) is 30.5 Å². The lowest BCUT2D eigenvalue weighted by atomic mass is 10.1. The van der Waals surface area contributed by atoms with Gasteiger partial charge in [0.1, 0.15) is 0 Å². The first kappa shape index (κ1) is 21.2. The van der Waals surface area contributed by atoms with Crippen molar-refractivity contribution in [1.29, 1.82) is 0 Å². The maximum absolute atomic E-state index is 12.9. The molecule has 4 rings (SSSR count). The maximum atomic E-state index is 12.9. The average molecular weight is 450 g/mol. The SMILES string of the molecule is CN(CC(=O)N1CCc2cnc(N[C@H]3CC[C@H](O)C3)nc2C1)c1ccc(Cl)c(Cl)c1. The van der Waals surface area contributed by atoms with E-state index in [0.29, 0.717) is 35.5 Å². The number of aliphatic hydroxyl groups excluding tert-OH is 1. The molecule has 0 unspecified atom stereocenters. The van der Waals surface area contributed by atoms with Gasteiger partial charge in [-0.25, -0.2) is 9.97 Å². The van der Waals surface area contributed by atoms with Crippen molar-refractivity contribution < 1.29 is 9.90 Å². The summed E-state index contributed by atoms with van der Waals surface area (Å²) in [5.41, 5.74) is 2.79. The molecular weight excluding hydrogens is 425 g/mol. The third-order valence-electron chi connectivity index (χ3n) is 5.75. The number of aliphatic hydroxyl groups is 1. The van der Waals surface area contributed by atoms with E-state index >= 15 is 0 Å². The Morgan fingerprint density at radius 1 is 1.33 bits per heavy atom. The van der Waals surface area contributed by atoms with E-state index in [1.165, 1.54) is 0 Å². The number of hydrogen-bond acceptors (Lipinski definition) is 6. The molecule has 7 nitrogen and oxygen atoms in total. The van der Waals surface area contributed by atoms with Crippen molar-refractivity contribution in [2.75, 3.05) is 30.4 Å². The Balaban J connectivity index is 1.39. The molecule has 160 valence electrons. The summed E-state index contributed by atoms with van der Waals surface area (Å²) in [4.78, 5) is 25.6. The Bertz CT molecular complexity index is 942. The highest BCUT2D eigenvalue weighted by Crippen LogP contribution is 2.27. The zero-order valence-corrected chi connectivity index (χ0v) is 18.3. The van der Waals surface area contributed by atoms with Crippen LogP contribution in [0, 0.1) is 0 Å². The molecule has 2 N–H and O–H groups in total. The lowest BCUT2D eigenvalue weighted by Crippen LogP contribution is -2.42. The summed E-state index contributed by atoms with van der Waals surface area (Å²) in [7, 11) is 1.86. The minimum absolute atomic E-state index is 0.0289. The van der Waals surface area contributed by atoms with E-state index in [2.05, 4.69) is 15.3 Å². The Morgan fingerprint density at radius 2 is 2.17 bits per heavy atom. The van der Waals surface area contributed by atoms with Gasteiger partial charge in [0.25, 0.3) is 0 Å². The van der Waals surface area contributed by atoms with Crippen LogP contribution in [0.25, 0.3) is 0 Å². The Kier molecular flexibility index (Phi) is 6.32. The number of likely N-dealkylation sites (N-methyl/N-ethyl adjacent to an activating group) is 1. The molecule has 0 bridgehead atoms. The highest BCUT2D eigenvalue weighted by atomic mass is 35.5. The second-order valence-electron chi connectivity index (χ2n) is 7.99. The van der Waals surface area contributed by atoms with Gasteiger partial charge in [-0.15, -0.1) is 0 Å². The van der Waals surface area contributed by atoms with E-state index in [1.807, 2.05) is 29.1 Å². The lowest BCUT2D eigenvalue weighted by molar-refractivity contribution is -0.130. The van der Waals surface area contributed by atoms with E-state index in [-0.39, 0.29) is 24.6 Å². The van der Waals surface area contributed by atoms with Crippen molar-refractivity contribution in [3.8, 4) is 0 Å². The monoisotopic (exact) mass is 449 g/mol. The number of halogens is 2. The van der Waals surface area contributed by atoms with Crippen LogP contribution in [0.2, 0.25) is 10.0 Å². The molecule has 2 aromatic rings. The molecule has 2 heterocycles. The van der Waals surface area contributed by atoms with Crippen LogP contribution in [0.15, 0.2) is 24.4 Å². The first-order chi connectivity index (χ1) is 14.4. The second-order valence-corrected chi connectivity index (χ2v) is 8.81. The summed E-state index contributed by atoms with van der Waals surface area (Å²) in [6.45, 7) is 1.35. The van der Waals surface area contributed by atoms with Crippen molar-refractivity contribution in [3.05, 3.63) is 45.7 Å². The topological polar surface area (TPSA) is 81.6 Å². The van der Waals surface area contributed by atoms with Crippen molar-refractivity contribution >= 4 is 40.7 Å². The number of rotatable bonds is 5. The number of benzene rings is 1. The van der Waals surface area contributed by atoms with Crippen molar-refractivity contribution in [2.24, 2.45) is 0 Å². The van der Waals surface area contributed by atoms with Gasteiger partial charge < -0.3 is 20.2 Å². The van der Waals surface area contributed by atoms with Gasteiger partial charge in [0.15, 0.2) is 0 Å². The Morgan fingerprint density at radius 3 is 2.90 bits per heavy atom. The van der Waals surface area contributed by atoms with Crippen LogP contribution in [0.5, 0.6) is 0 Å². The van der Waals surface area contributed by atoms with E-state index in [1.54, 1.807) is 12.1 Å². The van der Waals surface area contributed by atoms with Crippen molar-refractivity contribution in [1.82, 2.24) is 14.9 Å². The van der Waals surface area contributed by atoms with Crippen molar-refractivity contribution in [2.45, 2.75) is 44.4 Å². The molecule has 0 saturated heterocycles. The summed E-state index contributed by atoms with van der Waals surface area (Å²) in [5, 5.41) is 14.0. The smallest absolute Gasteiger partial charge is 0.242 e. The fraction of sp³-hybridized carbons (Fsp3) is 0.476. The minimum Gasteiger partial charge on any atom is -0.393 e. The van der Waals surface area contributed by atoms with Crippen LogP contribution in [-0.2, 0) is 17.8 Å². The first-order valence-corrected chi connectivity index (χ1v) is 10.9. The standard InChI is InChI=1S/C21H25Cl2N5O2/c1-27(15-3-5-17(22)18(23)9-15)12-20(30)28-7-6-13-10-24-21(26-19(13)11-28)25-14-2-4-16(29)8-14/h3,5,9-10,14,16,29H,2,4,6-8,11-12H2,1H3,(H,24,25,26)/t14-,16-/m0/s1. The van der Waals surface area contributed by atoms with Gasteiger partial charge in [-0.1, -0.05) is 23.2 Å². The molecule has 1 saturated carbocycles. The van der Waals surface area contributed by atoms with E-state index in [0.717, 1.165) is 36.2 Å². The number of anilines is 2. The number of fused-ring (bicyclic) bond motifs is 1. The summed E-state index contributed by atoms with van der Waals surface area (Å²) in [6, 6.07) is 5.53. The molecule has 9 heteroatoms. The van der Waals surface area contributed by atoms with E-state index < -0.39 is 0 Å². The summed E-state index contributed by atoms with van der Waals surface area (Å²) in [6.07, 6.45) is 4.76. The van der Waals surface area contributed by atoms with E-state index in [4.69, 9.17) is 23.2 Å². The zero-order chi connectivity index (χ0) is 21.3. The van der Waals surface area contributed by atoms with Crippen LogP contribution in [0.4, 0.5) is 11.6 Å². The molecule has 1 aliphatic carbocycles.